The van der Waals surface area contributed by atoms with E-state index in [9.17, 15) is 0 Å². The van der Waals surface area contributed by atoms with Crippen molar-refractivity contribution in [2.45, 2.75) is 13.8 Å². The van der Waals surface area contributed by atoms with Gasteiger partial charge in [0.15, 0.2) is 0 Å². The molecule has 1 aromatic carbocycles. The number of piperazine rings is 1. The molecule has 2 heterocycles. The van der Waals surface area contributed by atoms with Crippen LogP contribution in [0, 0.1) is 0 Å². The molecule has 1 aliphatic rings. The van der Waals surface area contributed by atoms with Crippen molar-refractivity contribution in [3.05, 3.63) is 30.6 Å². The molecule has 1 aromatic heterocycles. The predicted molar refractivity (Wildman–Crippen MR) is 78.1 cm³/mol. The maximum absolute atomic E-state index is 4.42. The van der Waals surface area contributed by atoms with Gasteiger partial charge in [0.25, 0.3) is 0 Å². The number of rotatable bonds is 1. The summed E-state index contributed by atoms with van der Waals surface area (Å²) in [5.74, 6) is 1.06. The Hall–Kier alpha value is -1.68. The van der Waals surface area contributed by atoms with E-state index in [1.54, 1.807) is 6.33 Å². The molecule has 0 atom stereocenters. The maximum Gasteiger partial charge on any atom is 0.139 e. The van der Waals surface area contributed by atoms with Crippen LogP contribution >= 0.6 is 0 Å². The monoisotopic (exact) mass is 246 g/mol. The van der Waals surface area contributed by atoms with Gasteiger partial charge in [-0.3, -0.25) is 0 Å². The lowest BCUT2D eigenvalue weighted by Crippen LogP contribution is -2.44. The predicted octanol–water partition coefficient (Wildman–Crippen LogP) is 2.31. The summed E-state index contributed by atoms with van der Waals surface area (Å²) in [4.78, 5) is 11.0. The Morgan fingerprint density at radius 2 is 1.83 bits per heavy atom. The van der Waals surface area contributed by atoms with Crippen LogP contribution in [0.15, 0.2) is 30.6 Å². The first-order chi connectivity index (χ1) is 8.95. The van der Waals surface area contributed by atoms with Crippen LogP contribution in [0.1, 0.15) is 15.3 Å². The molecule has 4 nitrogen and oxygen atoms in total. The summed E-state index contributed by atoms with van der Waals surface area (Å²) in [6.45, 7) is 8.08. The second-order valence-corrected chi connectivity index (χ2v) is 3.95. The molecular weight excluding hydrogens is 224 g/mol. The summed E-state index contributed by atoms with van der Waals surface area (Å²) < 4.78 is 0. The summed E-state index contributed by atoms with van der Waals surface area (Å²) in [6, 6.07) is 8.17. The van der Waals surface area contributed by atoms with Crippen LogP contribution in [0.3, 0.4) is 0 Å². The van der Waals surface area contributed by atoms with E-state index in [2.05, 4.69) is 26.3 Å². The van der Waals surface area contributed by atoms with Crippen LogP contribution in [0.5, 0.6) is 0 Å². The number of benzene rings is 1. The van der Waals surface area contributed by atoms with Crippen molar-refractivity contribution in [2.24, 2.45) is 0 Å². The van der Waals surface area contributed by atoms with Gasteiger partial charge in [0.05, 0.1) is 5.52 Å². The SMILES string of the molecule is CC.[HH].c1ccc2c(N3CCNCC3)ncnc2c1. The lowest BCUT2D eigenvalue weighted by molar-refractivity contribution is 0.586. The smallest absolute Gasteiger partial charge is 0.139 e. The summed E-state index contributed by atoms with van der Waals surface area (Å²) in [5.41, 5.74) is 1.02. The second-order valence-electron chi connectivity index (χ2n) is 3.95. The molecule has 0 radical (unpaired) electrons. The number of hydrogen-bond donors (Lipinski definition) is 1. The fraction of sp³-hybridized carbons (Fsp3) is 0.429. The van der Waals surface area contributed by atoms with Gasteiger partial charge < -0.3 is 10.2 Å². The third-order valence-electron chi connectivity index (χ3n) is 2.94. The van der Waals surface area contributed by atoms with Gasteiger partial charge in [0.1, 0.15) is 12.1 Å². The first-order valence-electron chi connectivity index (χ1n) is 6.60. The standard InChI is InChI=1S/C12H14N4.C2H6.H2/c1-2-4-11-10(3-1)12(15-9-14-11)16-7-5-13-6-8-16;1-2;/h1-4,9,13H,5-8H2;1-2H3;1H. The zero-order valence-electron chi connectivity index (χ0n) is 11.1. The Labute approximate surface area is 110 Å². The fourth-order valence-corrected chi connectivity index (χ4v) is 2.12. The van der Waals surface area contributed by atoms with Gasteiger partial charge in [-0.2, -0.15) is 0 Å². The Morgan fingerprint density at radius 1 is 1.11 bits per heavy atom. The third-order valence-corrected chi connectivity index (χ3v) is 2.94. The first-order valence-corrected chi connectivity index (χ1v) is 6.60. The van der Waals surface area contributed by atoms with Gasteiger partial charge in [-0.15, -0.1) is 0 Å². The van der Waals surface area contributed by atoms with Crippen LogP contribution in [0.25, 0.3) is 10.9 Å². The van der Waals surface area contributed by atoms with Crippen LogP contribution in [0.2, 0.25) is 0 Å². The van der Waals surface area contributed by atoms with E-state index in [4.69, 9.17) is 0 Å². The van der Waals surface area contributed by atoms with Crippen LogP contribution in [-0.2, 0) is 0 Å². The molecular formula is C14H22N4. The van der Waals surface area contributed by atoms with E-state index >= 15 is 0 Å². The zero-order valence-corrected chi connectivity index (χ0v) is 11.1. The Kier molecular flexibility index (Phi) is 4.47. The number of aromatic nitrogens is 2. The molecule has 18 heavy (non-hydrogen) atoms. The van der Waals surface area contributed by atoms with Crippen molar-refractivity contribution in [2.75, 3.05) is 31.1 Å². The molecule has 0 unspecified atom stereocenters. The molecule has 0 amide bonds. The number of nitrogens with zero attached hydrogens (tertiary/aromatic N) is 3. The quantitative estimate of drug-likeness (QED) is 0.838. The Balaban J connectivity index is 0.000000576. The second kappa shape index (κ2) is 6.31. The summed E-state index contributed by atoms with van der Waals surface area (Å²) >= 11 is 0. The molecule has 0 bridgehead atoms. The van der Waals surface area contributed by atoms with E-state index in [0.717, 1.165) is 42.9 Å². The molecule has 1 N–H and O–H groups in total. The highest BCUT2D eigenvalue weighted by Gasteiger charge is 2.14. The lowest BCUT2D eigenvalue weighted by atomic mass is 10.2. The topological polar surface area (TPSA) is 41.0 Å². The molecule has 2 aromatic rings. The molecule has 1 aliphatic heterocycles. The molecule has 3 rings (SSSR count). The van der Waals surface area contributed by atoms with Gasteiger partial charge in [0.2, 0.25) is 0 Å². The van der Waals surface area contributed by atoms with Crippen molar-refractivity contribution in [1.29, 1.82) is 0 Å². The van der Waals surface area contributed by atoms with E-state index in [-0.39, 0.29) is 1.43 Å². The van der Waals surface area contributed by atoms with E-state index in [0.29, 0.717) is 0 Å². The van der Waals surface area contributed by atoms with Crippen LogP contribution in [0.4, 0.5) is 5.82 Å². The van der Waals surface area contributed by atoms with Gasteiger partial charge in [-0.1, -0.05) is 26.0 Å². The number of para-hydroxylation sites is 1. The van der Waals surface area contributed by atoms with E-state index in [1.807, 2.05) is 32.0 Å². The zero-order chi connectivity index (χ0) is 12.8. The Morgan fingerprint density at radius 3 is 2.61 bits per heavy atom. The highest BCUT2D eigenvalue weighted by molar-refractivity contribution is 5.89. The van der Waals surface area contributed by atoms with Crippen molar-refractivity contribution in [1.82, 2.24) is 15.3 Å². The normalized spacial score (nSPS) is 15.1. The van der Waals surface area contributed by atoms with Gasteiger partial charge in [-0.05, 0) is 12.1 Å². The molecule has 98 valence electrons. The summed E-state index contributed by atoms with van der Waals surface area (Å²) in [7, 11) is 0. The van der Waals surface area contributed by atoms with Gasteiger partial charge >= 0.3 is 0 Å². The molecule has 0 spiro atoms. The fourth-order valence-electron chi connectivity index (χ4n) is 2.12. The summed E-state index contributed by atoms with van der Waals surface area (Å²) in [5, 5.41) is 4.49. The average molecular weight is 246 g/mol. The summed E-state index contributed by atoms with van der Waals surface area (Å²) in [6.07, 6.45) is 1.65. The first kappa shape index (κ1) is 12.8. The molecule has 4 heteroatoms. The van der Waals surface area contributed by atoms with Gasteiger partial charge in [0, 0.05) is 33.0 Å². The van der Waals surface area contributed by atoms with Crippen molar-refractivity contribution in [3.63, 3.8) is 0 Å². The molecule has 0 aliphatic carbocycles. The number of nitrogens with one attached hydrogen (secondary N) is 1. The maximum atomic E-state index is 4.42. The lowest BCUT2D eigenvalue weighted by Gasteiger charge is -2.29. The number of hydrogen-bond acceptors (Lipinski definition) is 4. The van der Waals surface area contributed by atoms with Crippen molar-refractivity contribution < 1.29 is 1.43 Å². The minimum Gasteiger partial charge on any atom is -0.353 e. The minimum atomic E-state index is 0. The Bertz CT molecular complexity index is 492. The highest BCUT2D eigenvalue weighted by atomic mass is 15.2. The molecule has 0 saturated carbocycles. The van der Waals surface area contributed by atoms with Crippen LogP contribution < -0.4 is 10.2 Å². The van der Waals surface area contributed by atoms with E-state index < -0.39 is 0 Å². The molecule has 1 saturated heterocycles. The van der Waals surface area contributed by atoms with Crippen molar-refractivity contribution >= 4 is 16.7 Å². The number of anilines is 1. The van der Waals surface area contributed by atoms with Crippen molar-refractivity contribution in [3.8, 4) is 0 Å². The molecule has 1 fully saturated rings. The van der Waals surface area contributed by atoms with E-state index in [1.165, 1.54) is 0 Å². The third kappa shape index (κ3) is 2.59. The average Bonchev–Trinajstić information content (AvgIpc) is 2.50. The van der Waals surface area contributed by atoms with Gasteiger partial charge in [-0.25, -0.2) is 9.97 Å². The minimum absolute atomic E-state index is 0. The highest BCUT2D eigenvalue weighted by Crippen LogP contribution is 2.22. The largest absolute Gasteiger partial charge is 0.353 e. The van der Waals surface area contributed by atoms with Crippen LogP contribution in [-0.4, -0.2) is 36.1 Å². The number of fused-ring (bicyclic) bond motifs is 1.